The van der Waals surface area contributed by atoms with E-state index >= 15 is 0 Å². The summed E-state index contributed by atoms with van der Waals surface area (Å²) in [6.45, 7) is 3.71. The van der Waals surface area contributed by atoms with Gasteiger partial charge in [-0.1, -0.05) is 6.92 Å². The summed E-state index contributed by atoms with van der Waals surface area (Å²) in [7, 11) is 0. The molecule has 1 aliphatic heterocycles. The van der Waals surface area contributed by atoms with Gasteiger partial charge in [-0.15, -0.1) is 0 Å². The van der Waals surface area contributed by atoms with Gasteiger partial charge in [-0.25, -0.2) is 4.98 Å². The Morgan fingerprint density at radius 3 is 3.07 bits per heavy atom. The van der Waals surface area contributed by atoms with E-state index in [0.29, 0.717) is 0 Å². The Labute approximate surface area is 82.6 Å². The molecule has 76 valence electrons. The van der Waals surface area contributed by atoms with Gasteiger partial charge in [-0.3, -0.25) is 0 Å². The number of hydrogen-bond acceptors (Lipinski definition) is 4. The summed E-state index contributed by atoms with van der Waals surface area (Å²) in [6.07, 6.45) is 0.763. The molecule has 2 heterocycles. The van der Waals surface area contributed by atoms with E-state index in [1.807, 2.05) is 6.92 Å². The fraction of sp³-hybridized carbons (Fsp3) is 0.500. The second-order valence-electron chi connectivity index (χ2n) is 3.72. The number of rotatable bonds is 0. The van der Waals surface area contributed by atoms with Gasteiger partial charge in [0, 0.05) is 24.1 Å². The van der Waals surface area contributed by atoms with E-state index in [1.165, 1.54) is 6.07 Å². The first-order valence-corrected chi connectivity index (χ1v) is 4.81. The van der Waals surface area contributed by atoms with Gasteiger partial charge in [-0.05, 0) is 13.0 Å². The summed E-state index contributed by atoms with van der Waals surface area (Å²) in [6, 6.07) is 1.30. The van der Waals surface area contributed by atoms with Crippen LogP contribution >= 0.6 is 0 Å². The van der Waals surface area contributed by atoms with Crippen LogP contribution in [0.1, 0.15) is 24.1 Å². The number of pyridine rings is 1. The van der Waals surface area contributed by atoms with E-state index in [0.717, 1.165) is 30.8 Å². The normalized spacial score (nSPS) is 21.4. The molecular weight excluding hydrogens is 180 g/mol. The maximum absolute atomic E-state index is 9.65. The average molecular weight is 194 g/mol. The van der Waals surface area contributed by atoms with Crippen molar-refractivity contribution in [3.8, 4) is 11.6 Å². The zero-order valence-corrected chi connectivity index (χ0v) is 8.12. The maximum atomic E-state index is 9.65. The van der Waals surface area contributed by atoms with Crippen molar-refractivity contribution in [1.82, 2.24) is 10.3 Å². The second-order valence-corrected chi connectivity index (χ2v) is 3.72. The van der Waals surface area contributed by atoms with E-state index < -0.39 is 0 Å². The van der Waals surface area contributed by atoms with Crippen LogP contribution in [0.4, 0.5) is 0 Å². The first kappa shape index (κ1) is 9.27. The van der Waals surface area contributed by atoms with Crippen LogP contribution < -0.4 is 5.32 Å². The number of aromatic hydroxyl groups is 2. The third kappa shape index (κ3) is 1.53. The zero-order valence-electron chi connectivity index (χ0n) is 8.12. The molecule has 0 spiro atoms. The van der Waals surface area contributed by atoms with Gasteiger partial charge in [0.15, 0.2) is 0 Å². The van der Waals surface area contributed by atoms with Crippen LogP contribution in [0.5, 0.6) is 11.6 Å². The Hall–Kier alpha value is -1.29. The molecule has 1 aliphatic rings. The Morgan fingerprint density at radius 1 is 1.50 bits per heavy atom. The summed E-state index contributed by atoms with van der Waals surface area (Å²) in [4.78, 5) is 4.07. The van der Waals surface area contributed by atoms with Crippen LogP contribution in [0.3, 0.4) is 0 Å². The van der Waals surface area contributed by atoms with Crippen LogP contribution in [0.2, 0.25) is 0 Å². The SMILES string of the molecule is CC1CNCCc2c(O)cc(O)nc21. The number of aromatic nitrogens is 1. The van der Waals surface area contributed by atoms with Crippen molar-refractivity contribution in [1.29, 1.82) is 0 Å². The quantitative estimate of drug-likeness (QED) is 0.570. The molecule has 0 aromatic carbocycles. The Morgan fingerprint density at radius 2 is 2.29 bits per heavy atom. The highest BCUT2D eigenvalue weighted by Gasteiger charge is 2.19. The number of nitrogens with one attached hydrogen (secondary N) is 1. The van der Waals surface area contributed by atoms with E-state index in [9.17, 15) is 10.2 Å². The first-order chi connectivity index (χ1) is 6.68. The van der Waals surface area contributed by atoms with Crippen LogP contribution in [0, 0.1) is 0 Å². The summed E-state index contributed by atoms with van der Waals surface area (Å²) in [5.74, 6) is 0.281. The lowest BCUT2D eigenvalue weighted by Crippen LogP contribution is -2.18. The zero-order chi connectivity index (χ0) is 10.1. The van der Waals surface area contributed by atoms with E-state index in [1.54, 1.807) is 0 Å². The Kier molecular flexibility index (Phi) is 2.29. The number of nitrogens with zero attached hydrogens (tertiary/aromatic N) is 1. The summed E-state index contributed by atoms with van der Waals surface area (Å²) in [5.41, 5.74) is 1.67. The molecule has 1 aromatic heterocycles. The fourth-order valence-electron chi connectivity index (χ4n) is 1.86. The van der Waals surface area contributed by atoms with Gasteiger partial charge >= 0.3 is 0 Å². The minimum atomic E-state index is -0.102. The molecule has 0 radical (unpaired) electrons. The standard InChI is InChI=1S/C10H14N2O2/c1-6-5-11-3-2-7-8(13)4-9(14)12-10(6)7/h4,6,11H,2-3,5H2,1H3,(H2,12,13,14). The Bertz CT molecular complexity index is 352. The molecule has 1 atom stereocenters. The molecule has 4 nitrogen and oxygen atoms in total. The minimum Gasteiger partial charge on any atom is -0.507 e. The maximum Gasteiger partial charge on any atom is 0.214 e. The fourth-order valence-corrected chi connectivity index (χ4v) is 1.86. The van der Waals surface area contributed by atoms with Crippen LogP contribution in [-0.2, 0) is 6.42 Å². The molecule has 4 heteroatoms. The molecule has 0 bridgehead atoms. The molecule has 0 saturated heterocycles. The number of fused-ring (bicyclic) bond motifs is 1. The topological polar surface area (TPSA) is 65.4 Å². The highest BCUT2D eigenvalue weighted by Crippen LogP contribution is 2.30. The molecule has 14 heavy (non-hydrogen) atoms. The molecule has 0 aliphatic carbocycles. The van der Waals surface area contributed by atoms with E-state index in [4.69, 9.17) is 0 Å². The predicted octanol–water partition coefficient (Wildman–Crippen LogP) is 0.742. The lowest BCUT2D eigenvalue weighted by molar-refractivity contribution is 0.427. The molecule has 2 rings (SSSR count). The van der Waals surface area contributed by atoms with Crippen LogP contribution in [-0.4, -0.2) is 28.3 Å². The third-order valence-electron chi connectivity index (χ3n) is 2.59. The van der Waals surface area contributed by atoms with Crippen molar-refractivity contribution in [2.75, 3.05) is 13.1 Å². The third-order valence-corrected chi connectivity index (χ3v) is 2.59. The lowest BCUT2D eigenvalue weighted by atomic mass is 10.0. The second kappa shape index (κ2) is 3.46. The van der Waals surface area contributed by atoms with Gasteiger partial charge in [0.25, 0.3) is 0 Å². The number of hydrogen-bond donors (Lipinski definition) is 3. The summed E-state index contributed by atoms with van der Waals surface area (Å²) < 4.78 is 0. The van der Waals surface area contributed by atoms with Gasteiger partial charge in [0.2, 0.25) is 5.88 Å². The Balaban J connectivity index is 2.53. The molecule has 0 amide bonds. The van der Waals surface area contributed by atoms with Crippen LogP contribution in [0.15, 0.2) is 6.07 Å². The van der Waals surface area contributed by atoms with Gasteiger partial charge in [0.1, 0.15) is 5.75 Å². The molecular formula is C10H14N2O2. The molecule has 1 aromatic rings. The summed E-state index contributed by atoms with van der Waals surface area (Å²) in [5, 5.41) is 22.2. The predicted molar refractivity (Wildman–Crippen MR) is 52.6 cm³/mol. The molecule has 0 saturated carbocycles. The van der Waals surface area contributed by atoms with Crippen molar-refractivity contribution in [2.45, 2.75) is 19.3 Å². The van der Waals surface area contributed by atoms with Crippen molar-refractivity contribution in [3.63, 3.8) is 0 Å². The van der Waals surface area contributed by atoms with E-state index in [2.05, 4.69) is 10.3 Å². The highest BCUT2D eigenvalue weighted by atomic mass is 16.3. The van der Waals surface area contributed by atoms with Gasteiger partial charge in [-0.2, -0.15) is 0 Å². The molecule has 3 N–H and O–H groups in total. The van der Waals surface area contributed by atoms with Crippen molar-refractivity contribution in [2.24, 2.45) is 0 Å². The van der Waals surface area contributed by atoms with Gasteiger partial charge in [0.05, 0.1) is 5.69 Å². The van der Waals surface area contributed by atoms with Crippen LogP contribution in [0.25, 0.3) is 0 Å². The highest BCUT2D eigenvalue weighted by molar-refractivity contribution is 5.41. The van der Waals surface area contributed by atoms with E-state index in [-0.39, 0.29) is 17.5 Å². The summed E-state index contributed by atoms with van der Waals surface area (Å²) >= 11 is 0. The first-order valence-electron chi connectivity index (χ1n) is 4.81. The van der Waals surface area contributed by atoms with Crippen molar-refractivity contribution >= 4 is 0 Å². The minimum absolute atomic E-state index is 0.102. The smallest absolute Gasteiger partial charge is 0.214 e. The van der Waals surface area contributed by atoms with Crippen molar-refractivity contribution in [3.05, 3.63) is 17.3 Å². The average Bonchev–Trinajstić information content (AvgIpc) is 2.29. The largest absolute Gasteiger partial charge is 0.507 e. The van der Waals surface area contributed by atoms with Gasteiger partial charge < -0.3 is 15.5 Å². The molecule has 0 fully saturated rings. The van der Waals surface area contributed by atoms with Crippen molar-refractivity contribution < 1.29 is 10.2 Å². The lowest BCUT2D eigenvalue weighted by Gasteiger charge is -2.12. The monoisotopic (exact) mass is 194 g/mol. The molecule has 1 unspecified atom stereocenters.